The molecule has 0 bridgehead atoms. The van der Waals surface area contributed by atoms with Gasteiger partial charge in [-0.15, -0.1) is 11.3 Å². The Morgan fingerprint density at radius 1 is 1.21 bits per heavy atom. The summed E-state index contributed by atoms with van der Waals surface area (Å²) in [4.78, 5) is 20.1. The highest BCUT2D eigenvalue weighted by atomic mass is 32.1. The molecule has 0 amide bonds. The van der Waals surface area contributed by atoms with E-state index < -0.39 is 5.60 Å². The molecule has 2 aliphatic heterocycles. The lowest BCUT2D eigenvalue weighted by molar-refractivity contribution is -0.166. The maximum absolute atomic E-state index is 15.4. The van der Waals surface area contributed by atoms with Crippen molar-refractivity contribution in [1.29, 1.82) is 0 Å². The Hall–Kier alpha value is -3.01. The van der Waals surface area contributed by atoms with Crippen molar-refractivity contribution in [3.63, 3.8) is 0 Å². The number of aryl methyl sites for hydroxylation is 2. The molecule has 0 radical (unpaired) electrons. The van der Waals surface area contributed by atoms with Gasteiger partial charge in [0.25, 0.3) is 0 Å². The van der Waals surface area contributed by atoms with Gasteiger partial charge >= 0.3 is 5.97 Å². The van der Waals surface area contributed by atoms with Crippen LogP contribution in [0.25, 0.3) is 11.3 Å². The summed E-state index contributed by atoms with van der Waals surface area (Å²) in [6.45, 7) is 15.1. The van der Waals surface area contributed by atoms with Crippen molar-refractivity contribution >= 4 is 22.4 Å². The van der Waals surface area contributed by atoms with E-state index in [1.54, 1.807) is 11.3 Å². The number of piperidine rings is 1. The fourth-order valence-corrected chi connectivity index (χ4v) is 6.66. The van der Waals surface area contributed by atoms with Crippen molar-refractivity contribution < 1.29 is 23.4 Å². The zero-order valence-electron chi connectivity index (χ0n) is 25.5. The molecule has 226 valence electrons. The Morgan fingerprint density at radius 2 is 2.02 bits per heavy atom. The number of thiazole rings is 1. The highest BCUT2D eigenvalue weighted by Gasteiger charge is 2.38. The Balaban J connectivity index is 1.33. The summed E-state index contributed by atoms with van der Waals surface area (Å²) < 4.78 is 33.4. The van der Waals surface area contributed by atoms with Crippen molar-refractivity contribution in [3.8, 4) is 17.0 Å². The van der Waals surface area contributed by atoms with Crippen LogP contribution in [-0.4, -0.2) is 48.9 Å². The van der Waals surface area contributed by atoms with Gasteiger partial charge in [0.05, 0.1) is 17.7 Å². The Morgan fingerprint density at radius 3 is 2.79 bits per heavy atom. The van der Waals surface area contributed by atoms with Crippen molar-refractivity contribution in [1.82, 2.24) is 10.3 Å². The maximum atomic E-state index is 15.4. The van der Waals surface area contributed by atoms with Gasteiger partial charge in [-0.3, -0.25) is 4.79 Å². The summed E-state index contributed by atoms with van der Waals surface area (Å²) in [5, 5.41) is 6.23. The predicted molar refractivity (Wildman–Crippen MR) is 165 cm³/mol. The molecule has 0 spiro atoms. The molecule has 3 heterocycles. The summed E-state index contributed by atoms with van der Waals surface area (Å²) in [7, 11) is 0. The second-order valence-electron chi connectivity index (χ2n) is 12.2. The number of anilines is 1. The van der Waals surface area contributed by atoms with Gasteiger partial charge in [-0.1, -0.05) is 11.6 Å². The third-order valence-electron chi connectivity index (χ3n) is 7.84. The summed E-state index contributed by atoms with van der Waals surface area (Å²) in [5.74, 6) is 0.00906. The van der Waals surface area contributed by atoms with Gasteiger partial charge in [0, 0.05) is 42.7 Å². The minimum Gasteiger partial charge on any atom is -0.488 e. The number of nitrogens with zero attached hydrogens (tertiary/aromatic N) is 2. The molecule has 1 N–H and O–H groups in total. The van der Waals surface area contributed by atoms with E-state index in [2.05, 4.69) is 16.3 Å². The van der Waals surface area contributed by atoms with Crippen LogP contribution in [0.5, 0.6) is 5.75 Å². The van der Waals surface area contributed by atoms with E-state index in [0.717, 1.165) is 45.2 Å². The number of nitrogens with one attached hydrogen (secondary N) is 1. The lowest BCUT2D eigenvalue weighted by atomic mass is 9.93. The topological polar surface area (TPSA) is 72.9 Å². The van der Waals surface area contributed by atoms with Crippen LogP contribution in [0.3, 0.4) is 0 Å². The zero-order valence-corrected chi connectivity index (χ0v) is 26.3. The number of halogens is 1. The predicted octanol–water partition coefficient (Wildman–Crippen LogP) is 6.36. The van der Waals surface area contributed by atoms with E-state index in [-0.39, 0.29) is 30.4 Å². The number of rotatable bonds is 8. The van der Waals surface area contributed by atoms with Gasteiger partial charge in [0.15, 0.2) is 5.13 Å². The fourth-order valence-electron chi connectivity index (χ4n) is 5.79. The van der Waals surface area contributed by atoms with Gasteiger partial charge in [-0.25, -0.2) is 9.37 Å². The van der Waals surface area contributed by atoms with Crippen molar-refractivity contribution in [2.24, 2.45) is 5.92 Å². The highest BCUT2D eigenvalue weighted by Crippen LogP contribution is 2.37. The quantitative estimate of drug-likeness (QED) is 0.304. The minimum atomic E-state index is -0.537. The molecule has 2 atom stereocenters. The molecule has 2 aromatic carbocycles. The van der Waals surface area contributed by atoms with Crippen LogP contribution in [0, 0.1) is 25.6 Å². The van der Waals surface area contributed by atoms with Crippen LogP contribution in [0.4, 0.5) is 9.52 Å². The molecule has 0 unspecified atom stereocenters. The van der Waals surface area contributed by atoms with Gasteiger partial charge in [0.2, 0.25) is 0 Å². The molecule has 5 rings (SSSR count). The van der Waals surface area contributed by atoms with E-state index in [1.165, 1.54) is 0 Å². The number of carbonyl (C=O) groups excluding carboxylic acids is 1. The second-order valence-corrected chi connectivity index (χ2v) is 13.1. The normalized spacial score (nSPS) is 19.0. The second kappa shape index (κ2) is 12.7. The van der Waals surface area contributed by atoms with Crippen LogP contribution in [0.1, 0.15) is 61.9 Å². The Kier molecular flexibility index (Phi) is 9.20. The monoisotopic (exact) mass is 595 g/mol. The maximum Gasteiger partial charge on any atom is 0.312 e. The summed E-state index contributed by atoms with van der Waals surface area (Å²) >= 11 is 1.56. The molecular weight excluding hydrogens is 553 g/mol. The number of esters is 1. The third kappa shape index (κ3) is 6.79. The average Bonchev–Trinajstić information content (AvgIpc) is 3.44. The number of carbonyl (C=O) groups is 1. The van der Waals surface area contributed by atoms with Gasteiger partial charge in [-0.05, 0) is 95.8 Å². The van der Waals surface area contributed by atoms with Gasteiger partial charge in [-0.2, -0.15) is 0 Å². The van der Waals surface area contributed by atoms with E-state index in [4.69, 9.17) is 19.2 Å². The highest BCUT2D eigenvalue weighted by molar-refractivity contribution is 7.14. The summed E-state index contributed by atoms with van der Waals surface area (Å²) in [6.07, 6.45) is 1.05. The molecule has 1 aromatic heterocycles. The zero-order chi connectivity index (χ0) is 30.0. The number of hydrogen-bond acceptors (Lipinski definition) is 8. The molecule has 2 aliphatic rings. The minimum absolute atomic E-state index is 0.147. The van der Waals surface area contributed by atoms with E-state index in [9.17, 15) is 4.79 Å². The molecule has 42 heavy (non-hydrogen) atoms. The number of aromatic nitrogens is 1. The van der Waals surface area contributed by atoms with E-state index in [1.807, 2.05) is 65.1 Å². The summed E-state index contributed by atoms with van der Waals surface area (Å²) in [6, 6.07) is 7.91. The Bertz CT molecular complexity index is 1430. The average molecular weight is 596 g/mol. The number of fused-ring (bicyclic) bond motifs is 1. The first-order chi connectivity index (χ1) is 20.0. The lowest BCUT2D eigenvalue weighted by Crippen LogP contribution is -2.49. The first-order valence-corrected chi connectivity index (χ1v) is 15.7. The molecular formula is C33H42FN3O4S. The van der Waals surface area contributed by atoms with E-state index >= 15 is 4.39 Å². The number of benzene rings is 2. The smallest absolute Gasteiger partial charge is 0.312 e. The molecule has 0 aliphatic carbocycles. The first-order valence-electron chi connectivity index (χ1n) is 14.8. The van der Waals surface area contributed by atoms with Crippen LogP contribution < -0.4 is 15.0 Å². The number of ether oxygens (including phenoxy) is 3. The summed E-state index contributed by atoms with van der Waals surface area (Å²) in [5.41, 5.74) is 5.78. The first kappa shape index (κ1) is 30.4. The van der Waals surface area contributed by atoms with Crippen LogP contribution in [0.15, 0.2) is 29.6 Å². The SMILES string of the molecule is CCO[C@@H]1CN(c2nc(-c3cc(C)ccc3OCc3cc(C)c4c(c3F)CCNC4)cs2)CC[C@@H]1C(=O)OC(C)(C)C. The molecule has 1 fully saturated rings. The molecule has 1 saturated heterocycles. The van der Waals surface area contributed by atoms with Gasteiger partial charge < -0.3 is 24.4 Å². The lowest BCUT2D eigenvalue weighted by Gasteiger charge is -2.38. The van der Waals surface area contributed by atoms with Gasteiger partial charge in [0.1, 0.15) is 23.8 Å². The Labute approximate surface area is 252 Å². The van der Waals surface area contributed by atoms with Crippen LogP contribution >= 0.6 is 11.3 Å². The molecule has 9 heteroatoms. The third-order valence-corrected chi connectivity index (χ3v) is 8.74. The van der Waals surface area contributed by atoms with Crippen molar-refractivity contribution in [3.05, 3.63) is 63.3 Å². The fraction of sp³-hybridized carbons (Fsp3) is 0.515. The molecule has 0 saturated carbocycles. The van der Waals surface area contributed by atoms with Crippen molar-refractivity contribution in [2.75, 3.05) is 31.1 Å². The van der Waals surface area contributed by atoms with Crippen LogP contribution in [-0.2, 0) is 33.8 Å². The molecule has 7 nitrogen and oxygen atoms in total. The number of hydrogen-bond donors (Lipinski definition) is 1. The molecule has 3 aromatic rings. The van der Waals surface area contributed by atoms with Crippen LogP contribution in [0.2, 0.25) is 0 Å². The van der Waals surface area contributed by atoms with E-state index in [0.29, 0.717) is 50.4 Å². The standard InChI is InChI=1S/C33H42FN3O4S/c1-7-39-29-17-37(13-11-24(29)31(38)41-33(4,5)6)32-36-27(19-42-32)25-14-20(2)8-9-28(25)40-18-22-15-21(3)26-16-35-12-10-23(26)30(22)34/h8-9,14-15,19,24,29,35H,7,10-13,16-18H2,1-6H3/t24-,29+/m0/s1. The largest absolute Gasteiger partial charge is 0.488 e. The van der Waals surface area contributed by atoms with Crippen molar-refractivity contribution in [2.45, 2.75) is 79.2 Å².